The predicted molar refractivity (Wildman–Crippen MR) is 67.9 cm³/mol. The third-order valence-corrected chi connectivity index (χ3v) is 3.11. The highest BCUT2D eigenvalue weighted by Gasteiger charge is 2.25. The Morgan fingerprint density at radius 2 is 2.19 bits per heavy atom. The standard InChI is InChI=1S/C11H20Cl2N2O/c1-8(2)6-9-7-15(5-3-4-14-9)11(16)10(12)13/h8-10,14H,3-7H2,1-2H3. The van der Waals surface area contributed by atoms with Crippen molar-refractivity contribution in [3.63, 3.8) is 0 Å². The summed E-state index contributed by atoms with van der Waals surface area (Å²) in [6.07, 6.45) is 2.03. The summed E-state index contributed by atoms with van der Waals surface area (Å²) in [6, 6.07) is 0.360. The molecule has 1 saturated heterocycles. The van der Waals surface area contributed by atoms with Crippen molar-refractivity contribution in [3.8, 4) is 0 Å². The molecule has 1 amide bonds. The number of amides is 1. The molecule has 0 aromatic heterocycles. The van der Waals surface area contributed by atoms with Gasteiger partial charge in [-0.05, 0) is 25.3 Å². The molecular weight excluding hydrogens is 247 g/mol. The highest BCUT2D eigenvalue weighted by atomic mass is 35.5. The number of rotatable bonds is 3. The lowest BCUT2D eigenvalue weighted by atomic mass is 10.0. The number of nitrogens with zero attached hydrogens (tertiary/aromatic N) is 1. The van der Waals surface area contributed by atoms with E-state index in [0.29, 0.717) is 18.5 Å². The molecule has 0 bridgehead atoms. The van der Waals surface area contributed by atoms with E-state index in [1.54, 1.807) is 4.90 Å². The quantitative estimate of drug-likeness (QED) is 0.793. The van der Waals surface area contributed by atoms with Crippen molar-refractivity contribution in [3.05, 3.63) is 0 Å². The van der Waals surface area contributed by atoms with Crippen LogP contribution in [0.2, 0.25) is 0 Å². The van der Waals surface area contributed by atoms with Crippen molar-refractivity contribution >= 4 is 29.1 Å². The highest BCUT2D eigenvalue weighted by Crippen LogP contribution is 2.13. The number of halogens is 2. The minimum absolute atomic E-state index is 0.166. The van der Waals surface area contributed by atoms with E-state index in [2.05, 4.69) is 19.2 Å². The van der Waals surface area contributed by atoms with E-state index in [9.17, 15) is 4.79 Å². The molecule has 1 N–H and O–H groups in total. The molecule has 0 aromatic rings. The number of carbonyl (C=O) groups excluding carboxylic acids is 1. The summed E-state index contributed by atoms with van der Waals surface area (Å²) in [5, 5.41) is 3.46. The molecule has 1 heterocycles. The Morgan fingerprint density at radius 1 is 1.50 bits per heavy atom. The number of carbonyl (C=O) groups is 1. The van der Waals surface area contributed by atoms with Gasteiger partial charge < -0.3 is 10.2 Å². The summed E-state index contributed by atoms with van der Waals surface area (Å²) in [5.74, 6) is 0.455. The van der Waals surface area contributed by atoms with Gasteiger partial charge in [-0.3, -0.25) is 4.79 Å². The summed E-state index contributed by atoms with van der Waals surface area (Å²) < 4.78 is 0. The van der Waals surface area contributed by atoms with Crippen molar-refractivity contribution in [1.29, 1.82) is 0 Å². The molecule has 1 unspecified atom stereocenters. The third kappa shape index (κ3) is 4.48. The van der Waals surface area contributed by atoms with Crippen LogP contribution in [0.15, 0.2) is 0 Å². The van der Waals surface area contributed by atoms with Crippen molar-refractivity contribution in [2.45, 2.75) is 37.6 Å². The van der Waals surface area contributed by atoms with Crippen molar-refractivity contribution < 1.29 is 4.79 Å². The van der Waals surface area contributed by atoms with E-state index in [1.807, 2.05) is 0 Å². The van der Waals surface area contributed by atoms with Crippen LogP contribution in [0.25, 0.3) is 0 Å². The van der Waals surface area contributed by atoms with Gasteiger partial charge in [0.15, 0.2) is 4.84 Å². The molecule has 0 spiro atoms. The molecule has 1 fully saturated rings. The molecule has 0 saturated carbocycles. The van der Waals surface area contributed by atoms with Crippen molar-refractivity contribution in [2.24, 2.45) is 5.92 Å². The Hall–Kier alpha value is 0.01000. The molecule has 1 atom stereocenters. The Balaban J connectivity index is 2.55. The summed E-state index contributed by atoms with van der Waals surface area (Å²) in [5.41, 5.74) is 0. The van der Waals surface area contributed by atoms with Crippen LogP contribution in [0.5, 0.6) is 0 Å². The largest absolute Gasteiger partial charge is 0.339 e. The molecule has 94 valence electrons. The number of hydrogen-bond donors (Lipinski definition) is 1. The second kappa shape index (κ2) is 6.67. The van der Waals surface area contributed by atoms with Crippen LogP contribution < -0.4 is 5.32 Å². The first-order chi connectivity index (χ1) is 7.50. The maximum absolute atomic E-state index is 11.7. The molecule has 1 aliphatic heterocycles. The van der Waals surface area contributed by atoms with Gasteiger partial charge in [-0.1, -0.05) is 37.0 Å². The molecule has 1 aliphatic rings. The van der Waals surface area contributed by atoms with Gasteiger partial charge in [0.2, 0.25) is 0 Å². The summed E-state index contributed by atoms with van der Waals surface area (Å²) in [7, 11) is 0. The molecule has 16 heavy (non-hydrogen) atoms. The average Bonchev–Trinajstić information content (AvgIpc) is 2.41. The zero-order valence-electron chi connectivity index (χ0n) is 9.88. The van der Waals surface area contributed by atoms with Gasteiger partial charge in [-0.2, -0.15) is 0 Å². The van der Waals surface area contributed by atoms with E-state index in [1.165, 1.54) is 0 Å². The van der Waals surface area contributed by atoms with Crippen LogP contribution in [0.3, 0.4) is 0 Å². The Morgan fingerprint density at radius 3 is 2.75 bits per heavy atom. The van der Waals surface area contributed by atoms with Crippen LogP contribution in [-0.2, 0) is 4.79 Å². The first-order valence-corrected chi connectivity index (χ1v) is 6.68. The van der Waals surface area contributed by atoms with Gasteiger partial charge in [0.1, 0.15) is 0 Å². The number of alkyl halides is 2. The van der Waals surface area contributed by atoms with Gasteiger partial charge in [0.25, 0.3) is 5.91 Å². The van der Waals surface area contributed by atoms with Crippen LogP contribution in [0, 0.1) is 5.92 Å². The van der Waals surface area contributed by atoms with Crippen LogP contribution in [-0.4, -0.2) is 41.3 Å². The summed E-state index contributed by atoms with van der Waals surface area (Å²) in [4.78, 5) is 12.6. The minimum Gasteiger partial charge on any atom is -0.339 e. The first-order valence-electron chi connectivity index (χ1n) is 5.81. The van der Waals surface area contributed by atoms with Gasteiger partial charge in [0, 0.05) is 19.1 Å². The number of hydrogen-bond acceptors (Lipinski definition) is 2. The van der Waals surface area contributed by atoms with Crippen LogP contribution in [0.1, 0.15) is 26.7 Å². The lowest BCUT2D eigenvalue weighted by Gasteiger charge is -2.26. The molecular formula is C11H20Cl2N2O. The van der Waals surface area contributed by atoms with Crippen molar-refractivity contribution in [2.75, 3.05) is 19.6 Å². The summed E-state index contributed by atoms with van der Waals surface area (Å²) in [6.45, 7) is 6.79. The maximum Gasteiger partial charge on any atom is 0.255 e. The van der Waals surface area contributed by atoms with Gasteiger partial charge in [-0.15, -0.1) is 0 Å². The fourth-order valence-corrected chi connectivity index (χ4v) is 2.34. The Bertz CT molecular complexity index is 234. The second-order valence-electron chi connectivity index (χ2n) is 4.72. The number of nitrogens with one attached hydrogen (secondary N) is 1. The van der Waals surface area contributed by atoms with Gasteiger partial charge >= 0.3 is 0 Å². The van der Waals surface area contributed by atoms with Gasteiger partial charge in [-0.25, -0.2) is 0 Å². The minimum atomic E-state index is -0.933. The van der Waals surface area contributed by atoms with E-state index in [0.717, 1.165) is 25.9 Å². The maximum atomic E-state index is 11.7. The predicted octanol–water partition coefficient (Wildman–Crippen LogP) is 2.03. The average molecular weight is 267 g/mol. The zero-order chi connectivity index (χ0) is 12.1. The van der Waals surface area contributed by atoms with E-state index >= 15 is 0 Å². The summed E-state index contributed by atoms with van der Waals surface area (Å²) >= 11 is 11.2. The zero-order valence-corrected chi connectivity index (χ0v) is 11.4. The lowest BCUT2D eigenvalue weighted by Crippen LogP contribution is -2.43. The molecule has 0 aromatic carbocycles. The third-order valence-electron chi connectivity index (χ3n) is 2.73. The highest BCUT2D eigenvalue weighted by molar-refractivity contribution is 6.53. The monoisotopic (exact) mass is 266 g/mol. The fraction of sp³-hybridized carbons (Fsp3) is 0.909. The van der Waals surface area contributed by atoms with E-state index < -0.39 is 4.84 Å². The molecule has 5 heteroatoms. The van der Waals surface area contributed by atoms with Crippen LogP contribution in [0.4, 0.5) is 0 Å². The van der Waals surface area contributed by atoms with E-state index in [-0.39, 0.29) is 5.91 Å². The Kier molecular flexibility index (Phi) is 5.87. The SMILES string of the molecule is CC(C)CC1CN(C(=O)C(Cl)Cl)CCCN1. The van der Waals surface area contributed by atoms with Crippen molar-refractivity contribution in [1.82, 2.24) is 10.2 Å². The Labute approximate surface area is 107 Å². The van der Waals surface area contributed by atoms with Gasteiger partial charge in [0.05, 0.1) is 0 Å². The smallest absolute Gasteiger partial charge is 0.255 e. The second-order valence-corrected chi connectivity index (χ2v) is 5.82. The lowest BCUT2D eigenvalue weighted by molar-refractivity contribution is -0.129. The molecule has 0 radical (unpaired) electrons. The van der Waals surface area contributed by atoms with E-state index in [4.69, 9.17) is 23.2 Å². The molecule has 3 nitrogen and oxygen atoms in total. The molecule has 0 aliphatic carbocycles. The molecule has 1 rings (SSSR count). The van der Waals surface area contributed by atoms with Crippen LogP contribution >= 0.6 is 23.2 Å². The normalized spacial score (nSPS) is 22.6. The fourth-order valence-electron chi connectivity index (χ4n) is 2.06. The topological polar surface area (TPSA) is 32.3 Å². The first kappa shape index (κ1) is 14.1.